The molecule has 146 valence electrons. The van der Waals surface area contributed by atoms with Crippen molar-refractivity contribution in [2.45, 2.75) is 37.9 Å². The highest BCUT2D eigenvalue weighted by Gasteiger charge is 2.18. The van der Waals surface area contributed by atoms with Gasteiger partial charge in [-0.05, 0) is 32.0 Å². The number of carbonyl (C=O) groups excluding carboxylic acids is 1. The van der Waals surface area contributed by atoms with Crippen LogP contribution >= 0.6 is 23.4 Å². The van der Waals surface area contributed by atoms with Crippen LogP contribution in [0.4, 0.5) is 0 Å². The number of thioether (sulfide) groups is 1. The van der Waals surface area contributed by atoms with E-state index in [-0.39, 0.29) is 49.2 Å². The van der Waals surface area contributed by atoms with Gasteiger partial charge < -0.3 is 4.90 Å². The van der Waals surface area contributed by atoms with Crippen LogP contribution in [-0.4, -0.2) is 39.2 Å². The molecule has 0 fully saturated rings. The highest BCUT2D eigenvalue weighted by molar-refractivity contribution is 7.99. The lowest BCUT2D eigenvalue weighted by molar-refractivity contribution is -0.128. The summed E-state index contributed by atoms with van der Waals surface area (Å²) in [6.45, 7) is 4.30. The lowest BCUT2D eigenvalue weighted by atomic mass is 10.2. The zero-order chi connectivity index (χ0) is 20.7. The number of nitriles is 2. The molecule has 1 aromatic heterocycles. The van der Waals surface area contributed by atoms with E-state index >= 15 is 0 Å². The van der Waals surface area contributed by atoms with Crippen molar-refractivity contribution < 1.29 is 4.79 Å². The third kappa shape index (κ3) is 5.25. The zero-order valence-electron chi connectivity index (χ0n) is 15.7. The smallest absolute Gasteiger partial charge is 0.262 e. The van der Waals surface area contributed by atoms with E-state index in [1.165, 1.54) is 16.7 Å². The highest BCUT2D eigenvalue weighted by Crippen LogP contribution is 2.23. The van der Waals surface area contributed by atoms with E-state index in [1.54, 1.807) is 22.8 Å². The predicted molar refractivity (Wildman–Crippen MR) is 109 cm³/mol. The molecule has 0 unspecified atom stereocenters. The lowest BCUT2D eigenvalue weighted by Gasteiger charge is -2.21. The number of nitrogens with zero attached hydrogens (tertiary/aromatic N) is 5. The fourth-order valence-electron chi connectivity index (χ4n) is 2.66. The van der Waals surface area contributed by atoms with Gasteiger partial charge in [0.05, 0.1) is 41.6 Å². The topological polar surface area (TPSA) is 103 Å². The summed E-state index contributed by atoms with van der Waals surface area (Å²) in [5.41, 5.74) is 0.299. The van der Waals surface area contributed by atoms with Crippen LogP contribution in [-0.2, 0) is 4.79 Å². The Kier molecular flexibility index (Phi) is 7.86. The summed E-state index contributed by atoms with van der Waals surface area (Å²) in [6.07, 6.45) is 0.399. The predicted octanol–water partition coefficient (Wildman–Crippen LogP) is 3.38. The van der Waals surface area contributed by atoms with Crippen molar-refractivity contribution in [2.75, 3.05) is 18.8 Å². The van der Waals surface area contributed by atoms with Crippen LogP contribution in [0.25, 0.3) is 10.9 Å². The van der Waals surface area contributed by atoms with Crippen LogP contribution in [0.15, 0.2) is 28.2 Å². The van der Waals surface area contributed by atoms with E-state index in [0.29, 0.717) is 21.1 Å². The average Bonchev–Trinajstić information content (AvgIpc) is 2.65. The minimum absolute atomic E-state index is 0.0576. The van der Waals surface area contributed by atoms with Gasteiger partial charge in [-0.25, -0.2) is 4.98 Å². The molecule has 28 heavy (non-hydrogen) atoms. The molecular formula is C19H20ClN5O2S. The van der Waals surface area contributed by atoms with E-state index in [2.05, 4.69) is 4.98 Å². The third-order valence-electron chi connectivity index (χ3n) is 4.01. The molecule has 1 aromatic carbocycles. The quantitative estimate of drug-likeness (QED) is 0.481. The van der Waals surface area contributed by atoms with E-state index in [9.17, 15) is 9.59 Å². The molecule has 0 bridgehead atoms. The second-order valence-electron chi connectivity index (χ2n) is 6.31. The van der Waals surface area contributed by atoms with E-state index in [4.69, 9.17) is 22.1 Å². The second kappa shape index (κ2) is 10.1. The normalized spacial score (nSPS) is 10.6. The van der Waals surface area contributed by atoms with Gasteiger partial charge >= 0.3 is 0 Å². The van der Waals surface area contributed by atoms with Gasteiger partial charge in [-0.1, -0.05) is 23.4 Å². The van der Waals surface area contributed by atoms with Gasteiger partial charge in [0.1, 0.15) is 0 Å². The molecule has 1 amide bonds. The molecule has 0 radical (unpaired) electrons. The first-order valence-electron chi connectivity index (χ1n) is 8.75. The summed E-state index contributed by atoms with van der Waals surface area (Å²) in [5.74, 6) is -0.145. The van der Waals surface area contributed by atoms with E-state index in [1.807, 2.05) is 26.0 Å². The van der Waals surface area contributed by atoms with Crippen molar-refractivity contribution in [3.05, 3.63) is 33.6 Å². The molecule has 0 saturated carbocycles. The average molecular weight is 418 g/mol. The van der Waals surface area contributed by atoms with Gasteiger partial charge in [0.15, 0.2) is 5.16 Å². The number of aromatic nitrogens is 2. The first kappa shape index (κ1) is 21.7. The van der Waals surface area contributed by atoms with Crippen LogP contribution in [0, 0.1) is 22.7 Å². The summed E-state index contributed by atoms with van der Waals surface area (Å²) in [7, 11) is 0. The monoisotopic (exact) mass is 417 g/mol. The molecule has 0 saturated heterocycles. The molecular weight excluding hydrogens is 398 g/mol. The summed E-state index contributed by atoms with van der Waals surface area (Å²) < 4.78 is 1.56. The largest absolute Gasteiger partial charge is 0.340 e. The van der Waals surface area contributed by atoms with Gasteiger partial charge in [0, 0.05) is 24.2 Å². The number of rotatable bonds is 8. The van der Waals surface area contributed by atoms with Crippen molar-refractivity contribution in [2.24, 2.45) is 0 Å². The van der Waals surface area contributed by atoms with Crippen molar-refractivity contribution in [3.63, 3.8) is 0 Å². The summed E-state index contributed by atoms with van der Waals surface area (Å²) >= 11 is 7.19. The number of hydrogen-bond donors (Lipinski definition) is 0. The minimum Gasteiger partial charge on any atom is -0.340 e. The Morgan fingerprint density at radius 1 is 1.29 bits per heavy atom. The van der Waals surface area contributed by atoms with Gasteiger partial charge in [0.25, 0.3) is 5.56 Å². The molecule has 2 aromatic rings. The van der Waals surface area contributed by atoms with Gasteiger partial charge in [-0.3, -0.25) is 14.2 Å². The fourth-order valence-corrected chi connectivity index (χ4v) is 3.85. The Morgan fingerprint density at radius 3 is 2.50 bits per heavy atom. The molecule has 0 aliphatic heterocycles. The van der Waals surface area contributed by atoms with Crippen molar-refractivity contribution >= 4 is 40.2 Å². The summed E-state index contributed by atoms with van der Waals surface area (Å²) in [5, 5.41) is 18.9. The van der Waals surface area contributed by atoms with E-state index < -0.39 is 0 Å². The van der Waals surface area contributed by atoms with Crippen LogP contribution in [0.3, 0.4) is 0 Å². The summed E-state index contributed by atoms with van der Waals surface area (Å²) in [6, 6.07) is 8.80. The number of hydrogen-bond acceptors (Lipinski definition) is 6. The van der Waals surface area contributed by atoms with Crippen LogP contribution in [0.5, 0.6) is 0 Å². The lowest BCUT2D eigenvalue weighted by Crippen LogP contribution is -2.34. The Balaban J connectivity index is 2.30. The van der Waals surface area contributed by atoms with Crippen molar-refractivity contribution in [3.8, 4) is 12.1 Å². The maximum absolute atomic E-state index is 12.9. The summed E-state index contributed by atoms with van der Waals surface area (Å²) in [4.78, 5) is 31.5. The van der Waals surface area contributed by atoms with Gasteiger partial charge in [0.2, 0.25) is 5.91 Å². The Bertz CT molecular complexity index is 988. The molecule has 2 rings (SSSR count). The molecule has 0 N–H and O–H groups in total. The van der Waals surface area contributed by atoms with E-state index in [0.717, 1.165) is 0 Å². The number of halogens is 1. The molecule has 9 heteroatoms. The van der Waals surface area contributed by atoms with Crippen LogP contribution in [0.2, 0.25) is 5.02 Å². The molecule has 7 nitrogen and oxygen atoms in total. The number of fused-ring (bicyclic) bond motifs is 1. The standard InChI is InChI=1S/C19H20ClN5O2S/c1-13(2)25-18(27)15-6-5-14(20)11-16(15)23-19(25)28-12-17(26)24(9-3-7-21)10-4-8-22/h5-6,11,13H,3-4,9-10,12H2,1-2H3. The molecule has 0 aliphatic rings. The first-order chi connectivity index (χ1) is 13.4. The second-order valence-corrected chi connectivity index (χ2v) is 7.69. The Labute approximate surface area is 172 Å². The Hall–Kier alpha value is -2.55. The molecule has 0 atom stereocenters. The maximum atomic E-state index is 12.9. The van der Waals surface area contributed by atoms with Gasteiger partial charge in [-0.2, -0.15) is 10.5 Å². The fraction of sp³-hybridized carbons (Fsp3) is 0.421. The van der Waals surface area contributed by atoms with Crippen LogP contribution < -0.4 is 5.56 Å². The van der Waals surface area contributed by atoms with Crippen molar-refractivity contribution in [1.82, 2.24) is 14.5 Å². The van der Waals surface area contributed by atoms with Crippen LogP contribution in [0.1, 0.15) is 32.7 Å². The number of amides is 1. The maximum Gasteiger partial charge on any atom is 0.262 e. The first-order valence-corrected chi connectivity index (χ1v) is 10.1. The third-order valence-corrected chi connectivity index (χ3v) is 5.18. The zero-order valence-corrected chi connectivity index (χ0v) is 17.3. The molecule has 0 aliphatic carbocycles. The highest BCUT2D eigenvalue weighted by atomic mass is 35.5. The van der Waals surface area contributed by atoms with Gasteiger partial charge in [-0.15, -0.1) is 0 Å². The molecule has 1 heterocycles. The number of benzene rings is 1. The number of carbonyl (C=O) groups is 1. The minimum atomic E-state index is -0.203. The van der Waals surface area contributed by atoms with Crippen molar-refractivity contribution in [1.29, 1.82) is 10.5 Å². The molecule has 0 spiro atoms. The Morgan fingerprint density at radius 2 is 1.93 bits per heavy atom. The SMILES string of the molecule is CC(C)n1c(SCC(=O)N(CCC#N)CCC#N)nc2cc(Cl)ccc2c1=O.